The lowest BCUT2D eigenvalue weighted by Crippen LogP contribution is -2.64. The number of hydrogen-bond acceptors (Lipinski definition) is 9. The number of nitro groups is 1. The molecule has 0 unspecified atom stereocenters. The number of methoxy groups -OCH3 is 1. The molecule has 3 rings (SSSR count). The first-order valence-corrected chi connectivity index (χ1v) is 16.7. The fraction of sp³-hybridized carbons (Fsp3) is 0.826. The summed E-state index contributed by atoms with van der Waals surface area (Å²) < 4.78 is 41.9. The Bertz CT molecular complexity index is 922. The maximum absolute atomic E-state index is 16.1. The van der Waals surface area contributed by atoms with Crippen molar-refractivity contribution < 1.29 is 27.0 Å². The first-order valence-electron chi connectivity index (χ1n) is 12.8. The van der Waals surface area contributed by atoms with Crippen molar-refractivity contribution in [3.8, 4) is 5.88 Å². The minimum absolute atomic E-state index is 0.0738. The molecule has 0 amide bonds. The van der Waals surface area contributed by atoms with Crippen LogP contribution in [0.3, 0.4) is 0 Å². The molecule has 13 heteroatoms. The number of aromatic nitrogens is 2. The Balaban J connectivity index is 2.01. The van der Waals surface area contributed by atoms with E-state index in [9.17, 15) is 10.1 Å². The third-order valence-corrected chi connectivity index (χ3v) is 17.9. The van der Waals surface area contributed by atoms with Gasteiger partial charge >= 0.3 is 22.8 Å². The molecule has 0 spiro atoms. The maximum atomic E-state index is 16.1. The average Bonchev–Trinajstić information content (AvgIpc) is 3.05. The smallest absolute Gasteiger partial charge is 0.372 e. The Kier molecular flexibility index (Phi) is 8.81. The summed E-state index contributed by atoms with van der Waals surface area (Å²) in [5, 5.41) is 14.7. The van der Waals surface area contributed by atoms with Gasteiger partial charge in [-0.3, -0.25) is 10.1 Å². The highest BCUT2D eigenvalue weighted by molar-refractivity contribution is 6.83. The number of nitrogens with one attached hydrogen (secondary N) is 1. The van der Waals surface area contributed by atoms with E-state index in [-0.39, 0.29) is 40.5 Å². The van der Waals surface area contributed by atoms with Crippen LogP contribution in [-0.4, -0.2) is 64.0 Å². The summed E-state index contributed by atoms with van der Waals surface area (Å²) in [6.07, 6.45) is -0.323. The second-order valence-electron chi connectivity index (χ2n) is 11.1. The van der Waals surface area contributed by atoms with Crippen LogP contribution in [-0.2, 0) is 13.0 Å². The predicted octanol–water partition coefficient (Wildman–Crippen LogP) is 5.49. The Morgan fingerprint density at radius 3 is 2.17 bits per heavy atom. The zero-order valence-electron chi connectivity index (χ0n) is 22.8. The fourth-order valence-corrected chi connectivity index (χ4v) is 16.9. The van der Waals surface area contributed by atoms with E-state index < -0.39 is 52.0 Å². The normalized spacial score (nSPS) is 27.7. The molecular weight excluding hydrogens is 503 g/mol. The molecule has 1 saturated heterocycles. The van der Waals surface area contributed by atoms with Crippen molar-refractivity contribution in [3.63, 3.8) is 0 Å². The van der Waals surface area contributed by atoms with Crippen molar-refractivity contribution in [3.05, 3.63) is 16.4 Å². The SMILES string of the molecule is COc1ncnc(N[C@H]2C[C@@H]3O[Si](C(C)C)(C(C)C)O[Si](C(C)C)(C(C)C)OC[C@H]3[C@@H]2F)c1[N+](=O)[O-]. The molecule has 2 aliphatic rings. The van der Waals surface area contributed by atoms with Gasteiger partial charge in [-0.1, -0.05) is 55.4 Å². The Labute approximate surface area is 215 Å². The number of ether oxygens (including phenoxy) is 1. The summed E-state index contributed by atoms with van der Waals surface area (Å²) in [4.78, 5) is 18.9. The van der Waals surface area contributed by atoms with Crippen LogP contribution >= 0.6 is 0 Å². The molecule has 10 nitrogen and oxygen atoms in total. The van der Waals surface area contributed by atoms with Gasteiger partial charge in [0, 0.05) is 12.5 Å². The van der Waals surface area contributed by atoms with E-state index in [1.54, 1.807) is 0 Å². The molecule has 1 aliphatic carbocycles. The van der Waals surface area contributed by atoms with Gasteiger partial charge < -0.3 is 23.0 Å². The average molecular weight is 545 g/mol. The third-order valence-electron chi connectivity index (χ3n) is 7.62. The van der Waals surface area contributed by atoms with E-state index in [1.165, 1.54) is 7.11 Å². The molecule has 0 bridgehead atoms. The van der Waals surface area contributed by atoms with Gasteiger partial charge in [-0.05, 0) is 28.6 Å². The first-order chi connectivity index (χ1) is 16.8. The van der Waals surface area contributed by atoms with Crippen LogP contribution in [0.25, 0.3) is 0 Å². The highest BCUT2D eigenvalue weighted by atomic mass is 28.5. The Morgan fingerprint density at radius 2 is 1.67 bits per heavy atom. The molecular formula is C23H41FN4O6Si2. The van der Waals surface area contributed by atoms with Crippen LogP contribution in [0.15, 0.2) is 6.33 Å². The van der Waals surface area contributed by atoms with Gasteiger partial charge in [0.15, 0.2) is 0 Å². The van der Waals surface area contributed by atoms with Gasteiger partial charge in [0.2, 0.25) is 5.82 Å². The summed E-state index contributed by atoms with van der Waals surface area (Å²) in [5.41, 5.74) is 0.150. The first kappa shape index (κ1) is 28.9. The molecule has 36 heavy (non-hydrogen) atoms. The molecule has 4 atom stereocenters. The van der Waals surface area contributed by atoms with E-state index in [1.807, 2.05) is 0 Å². The molecule has 1 aromatic heterocycles. The van der Waals surface area contributed by atoms with E-state index in [0.717, 1.165) is 6.33 Å². The zero-order chi connectivity index (χ0) is 27.0. The molecule has 1 saturated carbocycles. The van der Waals surface area contributed by atoms with Crippen LogP contribution in [0, 0.1) is 16.0 Å². The summed E-state index contributed by atoms with van der Waals surface area (Å²) in [6.45, 7) is 17.2. The lowest BCUT2D eigenvalue weighted by Gasteiger charge is -2.51. The van der Waals surface area contributed by atoms with Gasteiger partial charge in [-0.15, -0.1) is 0 Å². The number of hydrogen-bond donors (Lipinski definition) is 1. The van der Waals surface area contributed by atoms with E-state index in [0.29, 0.717) is 6.42 Å². The standard InChI is InChI=1S/C23H41FN4O6Si2/c1-13(2)35(14(3)4)32-11-17-19(33-36(34-35,15(5)6)16(7)8)10-18(20(17)24)27-22-21(28(29)30)23(31-9)26-12-25-22/h12-20H,10-11H2,1-9H3,(H,25,26,27)/t17-,18+,19+,20+/m1/s1. The van der Waals surface area contributed by atoms with Gasteiger partial charge in [-0.2, -0.15) is 4.98 Å². The number of fused-ring (bicyclic) bond motifs is 1. The predicted molar refractivity (Wildman–Crippen MR) is 139 cm³/mol. The van der Waals surface area contributed by atoms with Crippen LogP contribution < -0.4 is 10.1 Å². The molecule has 1 aliphatic heterocycles. The van der Waals surface area contributed by atoms with E-state index in [4.69, 9.17) is 17.7 Å². The van der Waals surface area contributed by atoms with Gasteiger partial charge in [0.1, 0.15) is 12.5 Å². The van der Waals surface area contributed by atoms with Crippen LogP contribution in [0.5, 0.6) is 5.88 Å². The van der Waals surface area contributed by atoms with Crippen molar-refractivity contribution in [1.82, 2.24) is 9.97 Å². The molecule has 204 valence electrons. The molecule has 0 radical (unpaired) electrons. The molecule has 2 heterocycles. The second-order valence-corrected chi connectivity index (χ2v) is 19.9. The highest BCUT2D eigenvalue weighted by Crippen LogP contribution is 2.49. The largest absolute Gasteiger partial charge is 0.476 e. The molecule has 1 N–H and O–H groups in total. The monoisotopic (exact) mass is 544 g/mol. The van der Waals surface area contributed by atoms with Crippen molar-refractivity contribution >= 4 is 28.6 Å². The minimum Gasteiger partial charge on any atom is -0.476 e. The van der Waals surface area contributed by atoms with Crippen LogP contribution in [0.1, 0.15) is 61.8 Å². The summed E-state index contributed by atoms with van der Waals surface area (Å²) in [7, 11) is -4.36. The van der Waals surface area contributed by atoms with Gasteiger partial charge in [0.25, 0.3) is 5.88 Å². The minimum atomic E-state index is -2.87. The Hall–Kier alpha value is -1.68. The van der Waals surface area contributed by atoms with Crippen molar-refractivity contribution in [2.75, 3.05) is 19.0 Å². The molecule has 0 aromatic carbocycles. The van der Waals surface area contributed by atoms with Gasteiger partial charge in [-0.25, -0.2) is 9.37 Å². The number of nitrogens with zero attached hydrogens (tertiary/aromatic N) is 3. The molecule has 2 fully saturated rings. The Morgan fingerprint density at radius 1 is 1.08 bits per heavy atom. The van der Waals surface area contributed by atoms with Crippen molar-refractivity contribution in [1.29, 1.82) is 0 Å². The fourth-order valence-electron chi connectivity index (χ4n) is 5.67. The number of anilines is 1. The lowest BCUT2D eigenvalue weighted by atomic mass is 10.1. The zero-order valence-corrected chi connectivity index (χ0v) is 24.8. The van der Waals surface area contributed by atoms with E-state index in [2.05, 4.69) is 70.7 Å². The summed E-state index contributed by atoms with van der Waals surface area (Å²) in [5.74, 6) is -0.779. The van der Waals surface area contributed by atoms with Crippen LogP contribution in [0.4, 0.5) is 15.9 Å². The number of alkyl halides is 1. The highest BCUT2D eigenvalue weighted by Gasteiger charge is 2.61. The third kappa shape index (κ3) is 5.04. The summed E-state index contributed by atoms with van der Waals surface area (Å²) >= 11 is 0. The number of rotatable bonds is 8. The van der Waals surface area contributed by atoms with E-state index >= 15 is 4.39 Å². The van der Waals surface area contributed by atoms with Crippen molar-refractivity contribution in [2.24, 2.45) is 5.92 Å². The van der Waals surface area contributed by atoms with Crippen molar-refractivity contribution in [2.45, 2.75) is 102 Å². The summed E-state index contributed by atoms with van der Waals surface area (Å²) in [6, 6.07) is -0.750. The second kappa shape index (κ2) is 11.0. The van der Waals surface area contributed by atoms with Gasteiger partial charge in [0.05, 0.1) is 24.2 Å². The number of halogens is 1. The van der Waals surface area contributed by atoms with Crippen LogP contribution in [0.2, 0.25) is 22.2 Å². The topological polar surface area (TPSA) is 118 Å². The maximum Gasteiger partial charge on any atom is 0.372 e. The molecule has 1 aromatic rings. The quantitative estimate of drug-likeness (QED) is 0.257. The lowest BCUT2D eigenvalue weighted by molar-refractivity contribution is -0.385.